The molecule has 0 saturated carbocycles. The van der Waals surface area contributed by atoms with Crippen molar-refractivity contribution in [2.45, 2.75) is 12.8 Å². The van der Waals surface area contributed by atoms with Crippen LogP contribution in [0.4, 0.5) is 0 Å². The van der Waals surface area contributed by atoms with E-state index in [1.807, 2.05) is 7.05 Å². The second-order valence-corrected chi connectivity index (χ2v) is 5.08. The standard InChI is InChI=1S/C13H18ClN3O/c1-17(9-10-4-7-15-8-5-10)13(18)11-3-2-6-16-12(11)14/h2-3,6,10,15H,4-5,7-9H2,1H3. The first-order valence-electron chi connectivity index (χ1n) is 6.25. The molecule has 0 radical (unpaired) electrons. The Morgan fingerprint density at radius 1 is 1.56 bits per heavy atom. The average molecular weight is 268 g/mol. The molecule has 1 aromatic heterocycles. The van der Waals surface area contributed by atoms with Gasteiger partial charge in [-0.2, -0.15) is 0 Å². The van der Waals surface area contributed by atoms with Crippen LogP contribution in [0.15, 0.2) is 18.3 Å². The van der Waals surface area contributed by atoms with Gasteiger partial charge in [-0.15, -0.1) is 0 Å². The van der Waals surface area contributed by atoms with E-state index in [1.165, 1.54) is 0 Å². The van der Waals surface area contributed by atoms with E-state index in [0.29, 0.717) is 11.5 Å². The zero-order valence-electron chi connectivity index (χ0n) is 10.5. The highest BCUT2D eigenvalue weighted by atomic mass is 35.5. The second kappa shape index (κ2) is 6.16. The number of nitrogens with one attached hydrogen (secondary N) is 1. The minimum atomic E-state index is -0.0494. The average Bonchev–Trinajstić information content (AvgIpc) is 2.39. The largest absolute Gasteiger partial charge is 0.341 e. The van der Waals surface area contributed by atoms with Gasteiger partial charge >= 0.3 is 0 Å². The Balaban J connectivity index is 1.98. The fraction of sp³-hybridized carbons (Fsp3) is 0.538. The van der Waals surface area contributed by atoms with Gasteiger partial charge < -0.3 is 10.2 Å². The molecule has 1 fully saturated rings. The van der Waals surface area contributed by atoms with Crippen LogP contribution in [0.25, 0.3) is 0 Å². The Bertz CT molecular complexity index is 418. The Labute approximate surface area is 112 Å². The van der Waals surface area contributed by atoms with E-state index in [4.69, 9.17) is 11.6 Å². The van der Waals surface area contributed by atoms with Gasteiger partial charge in [-0.05, 0) is 44.0 Å². The van der Waals surface area contributed by atoms with Gasteiger partial charge in [-0.3, -0.25) is 4.79 Å². The first-order valence-corrected chi connectivity index (χ1v) is 6.63. The molecule has 0 spiro atoms. The van der Waals surface area contributed by atoms with E-state index in [1.54, 1.807) is 23.2 Å². The van der Waals surface area contributed by atoms with Crippen LogP contribution in [0, 0.1) is 5.92 Å². The van der Waals surface area contributed by atoms with Crippen molar-refractivity contribution in [3.8, 4) is 0 Å². The number of nitrogens with zero attached hydrogens (tertiary/aromatic N) is 2. The molecule has 0 aliphatic carbocycles. The van der Waals surface area contributed by atoms with Crippen LogP contribution >= 0.6 is 11.6 Å². The van der Waals surface area contributed by atoms with E-state index in [9.17, 15) is 4.79 Å². The van der Waals surface area contributed by atoms with Crippen LogP contribution in [0.1, 0.15) is 23.2 Å². The first kappa shape index (κ1) is 13.3. The van der Waals surface area contributed by atoms with Crippen molar-refractivity contribution >= 4 is 17.5 Å². The highest BCUT2D eigenvalue weighted by Gasteiger charge is 2.20. The lowest BCUT2D eigenvalue weighted by Crippen LogP contribution is -2.37. The number of carbonyl (C=O) groups is 1. The fourth-order valence-electron chi connectivity index (χ4n) is 2.29. The van der Waals surface area contributed by atoms with Crippen molar-refractivity contribution in [3.05, 3.63) is 29.0 Å². The van der Waals surface area contributed by atoms with Crippen LogP contribution in [0.5, 0.6) is 0 Å². The molecule has 1 N–H and O–H groups in total. The van der Waals surface area contributed by atoms with Crippen molar-refractivity contribution in [3.63, 3.8) is 0 Å². The fourth-order valence-corrected chi connectivity index (χ4v) is 2.49. The molecule has 18 heavy (non-hydrogen) atoms. The third-order valence-corrected chi connectivity index (χ3v) is 3.63. The molecule has 98 valence electrons. The van der Waals surface area contributed by atoms with Crippen LogP contribution in [-0.2, 0) is 0 Å². The maximum atomic E-state index is 12.2. The molecular formula is C13H18ClN3O. The maximum absolute atomic E-state index is 12.2. The van der Waals surface area contributed by atoms with Crippen molar-refractivity contribution in [1.82, 2.24) is 15.2 Å². The molecule has 1 aliphatic heterocycles. The highest BCUT2D eigenvalue weighted by molar-refractivity contribution is 6.32. The Morgan fingerprint density at radius 3 is 2.94 bits per heavy atom. The van der Waals surface area contributed by atoms with Crippen molar-refractivity contribution in [2.75, 3.05) is 26.7 Å². The summed E-state index contributed by atoms with van der Waals surface area (Å²) in [5, 5.41) is 3.60. The summed E-state index contributed by atoms with van der Waals surface area (Å²) >= 11 is 5.94. The number of halogens is 1. The van der Waals surface area contributed by atoms with Gasteiger partial charge in [-0.25, -0.2) is 4.98 Å². The maximum Gasteiger partial charge on any atom is 0.256 e. The summed E-state index contributed by atoms with van der Waals surface area (Å²) in [4.78, 5) is 17.9. The molecule has 1 aliphatic rings. The van der Waals surface area contributed by atoms with Crippen LogP contribution in [-0.4, -0.2) is 42.5 Å². The van der Waals surface area contributed by atoms with Gasteiger partial charge in [-0.1, -0.05) is 11.6 Å². The number of hydrogen-bond acceptors (Lipinski definition) is 3. The monoisotopic (exact) mass is 267 g/mol. The first-order chi connectivity index (χ1) is 8.68. The highest BCUT2D eigenvalue weighted by Crippen LogP contribution is 2.17. The third kappa shape index (κ3) is 3.21. The minimum Gasteiger partial charge on any atom is -0.341 e. The predicted molar refractivity (Wildman–Crippen MR) is 71.8 cm³/mol. The summed E-state index contributed by atoms with van der Waals surface area (Å²) in [5.41, 5.74) is 0.482. The van der Waals surface area contributed by atoms with Crippen molar-refractivity contribution in [2.24, 2.45) is 5.92 Å². The molecule has 4 nitrogen and oxygen atoms in total. The molecule has 0 aromatic carbocycles. The van der Waals surface area contributed by atoms with E-state index >= 15 is 0 Å². The van der Waals surface area contributed by atoms with E-state index in [-0.39, 0.29) is 11.1 Å². The van der Waals surface area contributed by atoms with Gasteiger partial charge in [0.2, 0.25) is 0 Å². The Hall–Kier alpha value is -1.13. The number of pyridine rings is 1. The SMILES string of the molecule is CN(CC1CCNCC1)C(=O)c1cccnc1Cl. The molecule has 1 aromatic rings. The molecule has 2 heterocycles. The van der Waals surface area contributed by atoms with Gasteiger partial charge in [0.15, 0.2) is 0 Å². The van der Waals surface area contributed by atoms with E-state index < -0.39 is 0 Å². The molecule has 1 saturated heterocycles. The Morgan fingerprint density at radius 2 is 2.28 bits per heavy atom. The van der Waals surface area contributed by atoms with Crippen molar-refractivity contribution < 1.29 is 4.79 Å². The summed E-state index contributed by atoms with van der Waals surface area (Å²) in [5.74, 6) is 0.530. The lowest BCUT2D eigenvalue weighted by molar-refractivity contribution is 0.0762. The summed E-state index contributed by atoms with van der Waals surface area (Å²) in [6.07, 6.45) is 3.84. The molecule has 5 heteroatoms. The zero-order chi connectivity index (χ0) is 13.0. The van der Waals surface area contributed by atoms with Crippen LogP contribution in [0.3, 0.4) is 0 Å². The predicted octanol–water partition coefficient (Wildman–Crippen LogP) is 1.81. The van der Waals surface area contributed by atoms with Gasteiger partial charge in [0.25, 0.3) is 5.91 Å². The zero-order valence-corrected chi connectivity index (χ0v) is 11.3. The number of aromatic nitrogens is 1. The number of hydrogen-bond donors (Lipinski definition) is 1. The quantitative estimate of drug-likeness (QED) is 0.850. The molecule has 0 unspecified atom stereocenters. The van der Waals surface area contributed by atoms with E-state index in [0.717, 1.165) is 32.5 Å². The molecule has 0 atom stereocenters. The molecule has 1 amide bonds. The Kier molecular flexibility index (Phi) is 4.55. The van der Waals surface area contributed by atoms with Gasteiger partial charge in [0.05, 0.1) is 5.56 Å². The van der Waals surface area contributed by atoms with E-state index in [2.05, 4.69) is 10.3 Å². The summed E-state index contributed by atoms with van der Waals surface area (Å²) in [6.45, 7) is 2.87. The normalized spacial score (nSPS) is 16.6. The summed E-state index contributed by atoms with van der Waals surface area (Å²) in [6, 6.07) is 3.45. The van der Waals surface area contributed by atoms with Gasteiger partial charge in [0.1, 0.15) is 5.15 Å². The number of rotatable bonds is 3. The number of piperidine rings is 1. The lowest BCUT2D eigenvalue weighted by Gasteiger charge is -2.27. The summed E-state index contributed by atoms with van der Waals surface area (Å²) in [7, 11) is 1.83. The minimum absolute atomic E-state index is 0.0494. The lowest BCUT2D eigenvalue weighted by atomic mass is 9.97. The molecule has 2 rings (SSSR count). The smallest absolute Gasteiger partial charge is 0.256 e. The second-order valence-electron chi connectivity index (χ2n) is 4.72. The number of carbonyl (C=O) groups excluding carboxylic acids is 1. The third-order valence-electron chi connectivity index (χ3n) is 3.33. The molecular weight excluding hydrogens is 250 g/mol. The summed E-state index contributed by atoms with van der Waals surface area (Å²) < 4.78 is 0. The topological polar surface area (TPSA) is 45.2 Å². The van der Waals surface area contributed by atoms with Gasteiger partial charge in [0, 0.05) is 19.8 Å². The van der Waals surface area contributed by atoms with Crippen LogP contribution < -0.4 is 5.32 Å². The van der Waals surface area contributed by atoms with Crippen molar-refractivity contribution in [1.29, 1.82) is 0 Å². The number of amides is 1. The molecule has 0 bridgehead atoms. The van der Waals surface area contributed by atoms with Crippen LogP contribution in [0.2, 0.25) is 5.15 Å².